The van der Waals surface area contributed by atoms with Crippen molar-refractivity contribution in [3.05, 3.63) is 83.4 Å². The van der Waals surface area contributed by atoms with Gasteiger partial charge in [0.25, 0.3) is 5.56 Å². The number of hydrogen-bond donors (Lipinski definition) is 1. The zero-order chi connectivity index (χ0) is 20.1. The molecule has 0 saturated heterocycles. The molecule has 0 saturated carbocycles. The standard InChI is InChI=1S/C22H19N3O2S2/c26-20(23-11-12-28-17-9-5-2-6-10-17)14-25-15-24-21-18(22(25)27)13-19(29-21)16-7-3-1-4-8-16/h1-10,13,15H,11-12,14H2,(H,23,26). The van der Waals surface area contributed by atoms with Gasteiger partial charge in [0.2, 0.25) is 5.91 Å². The van der Waals surface area contributed by atoms with Crippen molar-refractivity contribution in [3.63, 3.8) is 0 Å². The average Bonchev–Trinajstić information content (AvgIpc) is 3.20. The Kier molecular flexibility index (Phi) is 6.07. The van der Waals surface area contributed by atoms with E-state index in [1.54, 1.807) is 11.8 Å². The molecule has 1 N–H and O–H groups in total. The quantitative estimate of drug-likeness (QED) is 0.361. The Balaban J connectivity index is 1.39. The first-order chi connectivity index (χ1) is 14.2. The summed E-state index contributed by atoms with van der Waals surface area (Å²) in [4.78, 5) is 32.2. The van der Waals surface area contributed by atoms with Gasteiger partial charge in [0, 0.05) is 22.1 Å². The number of thioether (sulfide) groups is 1. The number of carbonyl (C=O) groups excluding carboxylic acids is 1. The number of thiophene rings is 1. The summed E-state index contributed by atoms with van der Waals surface area (Å²) >= 11 is 3.16. The molecule has 4 rings (SSSR count). The van der Waals surface area contributed by atoms with Gasteiger partial charge >= 0.3 is 0 Å². The monoisotopic (exact) mass is 421 g/mol. The highest BCUT2D eigenvalue weighted by Crippen LogP contribution is 2.30. The molecule has 2 heterocycles. The first kappa shape index (κ1) is 19.4. The van der Waals surface area contributed by atoms with E-state index < -0.39 is 0 Å². The summed E-state index contributed by atoms with van der Waals surface area (Å²) in [5.74, 6) is 0.577. The third-order valence-electron chi connectivity index (χ3n) is 4.33. The molecule has 1 amide bonds. The van der Waals surface area contributed by atoms with Crippen LogP contribution in [-0.4, -0.2) is 27.8 Å². The molecule has 0 unspecified atom stereocenters. The van der Waals surface area contributed by atoms with Crippen molar-refractivity contribution >= 4 is 39.2 Å². The van der Waals surface area contributed by atoms with E-state index in [1.165, 1.54) is 27.1 Å². The second-order valence-electron chi connectivity index (χ2n) is 6.38. The Labute approximate surface area is 176 Å². The van der Waals surface area contributed by atoms with Crippen molar-refractivity contribution in [2.75, 3.05) is 12.3 Å². The molecule has 0 spiro atoms. The lowest BCUT2D eigenvalue weighted by atomic mass is 10.2. The molecule has 0 bridgehead atoms. The van der Waals surface area contributed by atoms with E-state index in [-0.39, 0.29) is 18.0 Å². The van der Waals surface area contributed by atoms with Crippen molar-refractivity contribution in [2.45, 2.75) is 11.4 Å². The highest BCUT2D eigenvalue weighted by Gasteiger charge is 2.12. The number of nitrogens with zero attached hydrogens (tertiary/aromatic N) is 2. The van der Waals surface area contributed by atoms with Gasteiger partial charge in [-0.15, -0.1) is 23.1 Å². The molecule has 0 aliphatic heterocycles. The van der Waals surface area contributed by atoms with Crippen LogP contribution in [0.5, 0.6) is 0 Å². The number of nitrogens with one attached hydrogen (secondary N) is 1. The molecule has 29 heavy (non-hydrogen) atoms. The summed E-state index contributed by atoms with van der Waals surface area (Å²) in [5.41, 5.74) is 0.859. The fourth-order valence-electron chi connectivity index (χ4n) is 2.90. The van der Waals surface area contributed by atoms with Crippen molar-refractivity contribution in [1.29, 1.82) is 0 Å². The molecule has 0 atom stereocenters. The highest BCUT2D eigenvalue weighted by molar-refractivity contribution is 7.99. The van der Waals surface area contributed by atoms with Gasteiger partial charge in [-0.1, -0.05) is 48.5 Å². The lowest BCUT2D eigenvalue weighted by Gasteiger charge is -2.07. The molecular weight excluding hydrogens is 402 g/mol. The molecule has 2 aromatic carbocycles. The van der Waals surface area contributed by atoms with Crippen LogP contribution in [0.4, 0.5) is 0 Å². The minimum Gasteiger partial charge on any atom is -0.354 e. The van der Waals surface area contributed by atoms with Crippen LogP contribution in [0.3, 0.4) is 0 Å². The molecule has 0 aliphatic rings. The van der Waals surface area contributed by atoms with Crippen LogP contribution < -0.4 is 10.9 Å². The lowest BCUT2D eigenvalue weighted by Crippen LogP contribution is -2.33. The van der Waals surface area contributed by atoms with Crippen molar-refractivity contribution in [2.24, 2.45) is 0 Å². The van der Waals surface area contributed by atoms with Crippen LogP contribution in [-0.2, 0) is 11.3 Å². The number of amides is 1. The van der Waals surface area contributed by atoms with E-state index in [4.69, 9.17) is 0 Å². The van der Waals surface area contributed by atoms with Gasteiger partial charge < -0.3 is 5.32 Å². The Morgan fingerprint density at radius 3 is 2.55 bits per heavy atom. The van der Waals surface area contributed by atoms with E-state index in [0.717, 1.165) is 16.2 Å². The summed E-state index contributed by atoms with van der Waals surface area (Å²) in [5, 5.41) is 3.41. The molecule has 0 aliphatic carbocycles. The number of aromatic nitrogens is 2. The summed E-state index contributed by atoms with van der Waals surface area (Å²) in [6.07, 6.45) is 1.45. The molecule has 2 aromatic heterocycles. The van der Waals surface area contributed by atoms with Crippen LogP contribution in [0.15, 0.2) is 82.7 Å². The van der Waals surface area contributed by atoms with Gasteiger partial charge in [-0.2, -0.15) is 0 Å². The Bertz CT molecular complexity index is 1170. The predicted octanol–water partition coefficient (Wildman–Crippen LogP) is 4.03. The summed E-state index contributed by atoms with van der Waals surface area (Å²) < 4.78 is 1.36. The van der Waals surface area contributed by atoms with E-state index >= 15 is 0 Å². The molecule has 0 fully saturated rings. The van der Waals surface area contributed by atoms with Crippen LogP contribution in [0.1, 0.15) is 0 Å². The Morgan fingerprint density at radius 2 is 1.79 bits per heavy atom. The van der Waals surface area contributed by atoms with Gasteiger partial charge in [0.05, 0.1) is 11.7 Å². The molecule has 146 valence electrons. The van der Waals surface area contributed by atoms with Gasteiger partial charge in [-0.3, -0.25) is 14.2 Å². The van der Waals surface area contributed by atoms with Crippen LogP contribution >= 0.6 is 23.1 Å². The summed E-state index contributed by atoms with van der Waals surface area (Å²) in [6, 6.07) is 21.8. The fraction of sp³-hybridized carbons (Fsp3) is 0.136. The van der Waals surface area contributed by atoms with Crippen molar-refractivity contribution < 1.29 is 4.79 Å². The fourth-order valence-corrected chi connectivity index (χ4v) is 4.69. The SMILES string of the molecule is O=C(Cn1cnc2sc(-c3ccccc3)cc2c1=O)NCCSc1ccccc1. The van der Waals surface area contributed by atoms with Gasteiger partial charge in [0.1, 0.15) is 11.4 Å². The molecule has 4 aromatic rings. The van der Waals surface area contributed by atoms with Crippen LogP contribution in [0, 0.1) is 0 Å². The maximum Gasteiger partial charge on any atom is 0.262 e. The third kappa shape index (κ3) is 4.75. The molecule has 0 radical (unpaired) electrons. The minimum atomic E-state index is -0.194. The molecule has 5 nitrogen and oxygen atoms in total. The van der Waals surface area contributed by atoms with E-state index in [2.05, 4.69) is 10.3 Å². The molecule has 7 heteroatoms. The predicted molar refractivity (Wildman–Crippen MR) is 119 cm³/mol. The van der Waals surface area contributed by atoms with E-state index in [9.17, 15) is 9.59 Å². The summed E-state index contributed by atoms with van der Waals surface area (Å²) in [6.45, 7) is 0.508. The lowest BCUT2D eigenvalue weighted by molar-refractivity contribution is -0.121. The number of fused-ring (bicyclic) bond motifs is 1. The Morgan fingerprint density at radius 1 is 1.07 bits per heavy atom. The minimum absolute atomic E-state index is 0.0334. The normalized spacial score (nSPS) is 10.9. The van der Waals surface area contributed by atoms with E-state index in [1.807, 2.05) is 66.7 Å². The molecular formula is C22H19N3O2S2. The summed E-state index contributed by atoms with van der Waals surface area (Å²) in [7, 11) is 0. The zero-order valence-electron chi connectivity index (χ0n) is 15.6. The zero-order valence-corrected chi connectivity index (χ0v) is 17.2. The van der Waals surface area contributed by atoms with Gasteiger partial charge in [-0.05, 0) is 23.8 Å². The second-order valence-corrected chi connectivity index (χ2v) is 8.58. The number of rotatable bonds is 7. The number of benzene rings is 2. The van der Waals surface area contributed by atoms with E-state index in [0.29, 0.717) is 16.8 Å². The van der Waals surface area contributed by atoms with Gasteiger partial charge in [0.15, 0.2) is 0 Å². The Hall–Kier alpha value is -2.90. The maximum absolute atomic E-state index is 12.8. The maximum atomic E-state index is 12.8. The van der Waals surface area contributed by atoms with Crippen LogP contribution in [0.25, 0.3) is 20.7 Å². The van der Waals surface area contributed by atoms with Crippen LogP contribution in [0.2, 0.25) is 0 Å². The first-order valence-corrected chi connectivity index (χ1v) is 11.0. The third-order valence-corrected chi connectivity index (χ3v) is 6.43. The highest BCUT2D eigenvalue weighted by atomic mass is 32.2. The average molecular weight is 422 g/mol. The second kappa shape index (κ2) is 9.07. The largest absolute Gasteiger partial charge is 0.354 e. The first-order valence-electron chi connectivity index (χ1n) is 9.19. The van der Waals surface area contributed by atoms with Crippen molar-refractivity contribution in [3.8, 4) is 10.4 Å². The number of carbonyl (C=O) groups is 1. The number of hydrogen-bond acceptors (Lipinski definition) is 5. The van der Waals surface area contributed by atoms with Crippen molar-refractivity contribution in [1.82, 2.24) is 14.9 Å². The topological polar surface area (TPSA) is 64.0 Å². The van der Waals surface area contributed by atoms with Gasteiger partial charge in [-0.25, -0.2) is 4.98 Å². The smallest absolute Gasteiger partial charge is 0.262 e.